The predicted molar refractivity (Wildman–Crippen MR) is 79.5 cm³/mol. The smallest absolute Gasteiger partial charge is 0.247 e. The molecule has 1 heterocycles. The maximum absolute atomic E-state index is 12.3. The molecule has 104 valence electrons. The molecular formula is C15H17N3O2. The van der Waals surface area contributed by atoms with Crippen molar-refractivity contribution in [3.8, 4) is 0 Å². The molecule has 0 radical (unpaired) electrons. The Morgan fingerprint density at radius 2 is 2.00 bits per heavy atom. The third-order valence-corrected chi connectivity index (χ3v) is 3.03. The van der Waals surface area contributed by atoms with E-state index in [9.17, 15) is 9.59 Å². The van der Waals surface area contributed by atoms with E-state index in [1.54, 1.807) is 41.2 Å². The van der Waals surface area contributed by atoms with Crippen LogP contribution in [0.15, 0.2) is 53.6 Å². The zero-order valence-electron chi connectivity index (χ0n) is 11.2. The van der Waals surface area contributed by atoms with Crippen LogP contribution in [0.3, 0.4) is 0 Å². The van der Waals surface area contributed by atoms with Crippen molar-refractivity contribution in [2.24, 2.45) is 0 Å². The van der Waals surface area contributed by atoms with Gasteiger partial charge < -0.3 is 15.6 Å². The lowest BCUT2D eigenvalue weighted by Crippen LogP contribution is -2.26. The van der Waals surface area contributed by atoms with Crippen LogP contribution in [0.5, 0.6) is 0 Å². The first-order chi connectivity index (χ1) is 9.60. The Balaban J connectivity index is 2.17. The van der Waals surface area contributed by atoms with Crippen LogP contribution < -0.4 is 16.5 Å². The normalized spacial score (nSPS) is 11.8. The Morgan fingerprint density at radius 3 is 2.60 bits per heavy atom. The summed E-state index contributed by atoms with van der Waals surface area (Å²) in [5.74, 6) is -0.137. The van der Waals surface area contributed by atoms with Crippen LogP contribution in [-0.2, 0) is 4.79 Å². The van der Waals surface area contributed by atoms with Crippen molar-refractivity contribution in [3.05, 3.63) is 59.0 Å². The molecule has 3 N–H and O–H groups in total. The zero-order valence-corrected chi connectivity index (χ0v) is 11.2. The molecule has 1 atom stereocenters. The number of nitrogens with one attached hydrogen (secondary N) is 1. The Kier molecular flexibility index (Phi) is 4.20. The van der Waals surface area contributed by atoms with Crippen LogP contribution >= 0.6 is 0 Å². The fourth-order valence-corrected chi connectivity index (χ4v) is 2.01. The van der Waals surface area contributed by atoms with Crippen molar-refractivity contribution in [1.29, 1.82) is 0 Å². The van der Waals surface area contributed by atoms with Gasteiger partial charge in [0.2, 0.25) is 5.91 Å². The molecule has 20 heavy (non-hydrogen) atoms. The summed E-state index contributed by atoms with van der Waals surface area (Å²) < 4.78 is 1.73. The van der Waals surface area contributed by atoms with Crippen LogP contribution in [0, 0.1) is 0 Å². The molecule has 2 rings (SSSR count). The summed E-state index contributed by atoms with van der Waals surface area (Å²) in [7, 11) is 0. The average Bonchev–Trinajstić information content (AvgIpc) is 2.42. The molecule has 0 saturated carbocycles. The first-order valence-electron chi connectivity index (χ1n) is 6.44. The summed E-state index contributed by atoms with van der Waals surface area (Å²) in [6.07, 6.45) is 3.86. The minimum Gasteiger partial charge on any atom is -0.399 e. The standard InChI is InChI=1S/C15H17N3O2/c1-2-14(18-8-6-13(19)7-9-18)15(20)17-12-5-3-4-11(16)10-12/h3-10,14H,2,16H2,1H3,(H,17,20). The molecular weight excluding hydrogens is 254 g/mol. The molecule has 0 saturated heterocycles. The van der Waals surface area contributed by atoms with Crippen molar-refractivity contribution in [3.63, 3.8) is 0 Å². The predicted octanol–water partition coefficient (Wildman–Crippen LogP) is 2.02. The molecule has 5 heteroatoms. The first-order valence-corrected chi connectivity index (χ1v) is 6.44. The Bertz CT molecular complexity index is 644. The second-order valence-electron chi connectivity index (χ2n) is 4.52. The van der Waals surface area contributed by atoms with Crippen molar-refractivity contribution in [1.82, 2.24) is 4.57 Å². The summed E-state index contributed by atoms with van der Waals surface area (Å²) in [5, 5.41) is 2.83. The van der Waals surface area contributed by atoms with E-state index in [4.69, 9.17) is 5.73 Å². The summed E-state index contributed by atoms with van der Waals surface area (Å²) in [6.45, 7) is 1.92. The van der Waals surface area contributed by atoms with Crippen LogP contribution in [-0.4, -0.2) is 10.5 Å². The summed E-state index contributed by atoms with van der Waals surface area (Å²) >= 11 is 0. The first kappa shape index (κ1) is 13.9. The van der Waals surface area contributed by atoms with E-state index < -0.39 is 0 Å². The van der Waals surface area contributed by atoms with Gasteiger partial charge in [-0.25, -0.2) is 0 Å². The molecule has 0 aliphatic rings. The SMILES string of the molecule is CCC(C(=O)Nc1cccc(N)c1)n1ccc(=O)cc1. The molecule has 1 aromatic heterocycles. The lowest BCUT2D eigenvalue weighted by atomic mass is 10.2. The summed E-state index contributed by atoms with van der Waals surface area (Å²) in [5.41, 5.74) is 6.86. The summed E-state index contributed by atoms with van der Waals surface area (Å²) in [6, 6.07) is 9.55. The fourth-order valence-electron chi connectivity index (χ4n) is 2.01. The lowest BCUT2D eigenvalue weighted by molar-refractivity contribution is -0.119. The highest BCUT2D eigenvalue weighted by atomic mass is 16.2. The van der Waals surface area contributed by atoms with Crippen molar-refractivity contribution in [2.45, 2.75) is 19.4 Å². The Morgan fingerprint density at radius 1 is 1.30 bits per heavy atom. The van der Waals surface area contributed by atoms with Gasteiger partial charge in [0.15, 0.2) is 5.43 Å². The Labute approximate surface area is 117 Å². The van der Waals surface area contributed by atoms with Crippen LogP contribution in [0.1, 0.15) is 19.4 Å². The van der Waals surface area contributed by atoms with Gasteiger partial charge in [0.05, 0.1) is 0 Å². The third kappa shape index (κ3) is 3.26. The van der Waals surface area contributed by atoms with Crippen LogP contribution in [0.2, 0.25) is 0 Å². The number of hydrogen-bond donors (Lipinski definition) is 2. The highest BCUT2D eigenvalue weighted by Gasteiger charge is 2.17. The van der Waals surface area contributed by atoms with Gasteiger partial charge >= 0.3 is 0 Å². The average molecular weight is 271 g/mol. The molecule has 1 amide bonds. The molecule has 5 nitrogen and oxygen atoms in total. The van der Waals surface area contributed by atoms with Gasteiger partial charge in [-0.1, -0.05) is 13.0 Å². The monoisotopic (exact) mass is 271 g/mol. The van der Waals surface area contributed by atoms with E-state index in [1.165, 1.54) is 12.1 Å². The number of nitrogens with zero attached hydrogens (tertiary/aromatic N) is 1. The number of amides is 1. The molecule has 0 aliphatic heterocycles. The number of carbonyl (C=O) groups excluding carboxylic acids is 1. The number of nitrogens with two attached hydrogens (primary N) is 1. The highest BCUT2D eigenvalue weighted by molar-refractivity contribution is 5.94. The van der Waals surface area contributed by atoms with Crippen molar-refractivity contribution < 1.29 is 4.79 Å². The molecule has 1 unspecified atom stereocenters. The fraction of sp³-hybridized carbons (Fsp3) is 0.200. The van der Waals surface area contributed by atoms with Gasteiger partial charge in [-0.3, -0.25) is 9.59 Å². The van der Waals surface area contributed by atoms with E-state index in [2.05, 4.69) is 5.32 Å². The van der Waals surface area contributed by atoms with E-state index in [0.717, 1.165) is 0 Å². The third-order valence-electron chi connectivity index (χ3n) is 3.03. The van der Waals surface area contributed by atoms with E-state index in [0.29, 0.717) is 17.8 Å². The quantitative estimate of drug-likeness (QED) is 0.835. The van der Waals surface area contributed by atoms with Gasteiger partial charge in [-0.15, -0.1) is 0 Å². The Hall–Kier alpha value is -2.56. The minimum atomic E-state index is -0.364. The molecule has 0 spiro atoms. The van der Waals surface area contributed by atoms with Gasteiger partial charge in [0.1, 0.15) is 6.04 Å². The number of benzene rings is 1. The van der Waals surface area contributed by atoms with Crippen molar-refractivity contribution >= 4 is 17.3 Å². The molecule has 0 aliphatic carbocycles. The van der Waals surface area contributed by atoms with E-state index >= 15 is 0 Å². The van der Waals surface area contributed by atoms with Crippen molar-refractivity contribution in [2.75, 3.05) is 11.1 Å². The number of rotatable bonds is 4. The largest absolute Gasteiger partial charge is 0.399 e. The highest BCUT2D eigenvalue weighted by Crippen LogP contribution is 2.16. The van der Waals surface area contributed by atoms with Crippen LogP contribution in [0.4, 0.5) is 11.4 Å². The second kappa shape index (κ2) is 6.06. The topological polar surface area (TPSA) is 77.1 Å². The number of pyridine rings is 1. The molecule has 0 bridgehead atoms. The van der Waals surface area contributed by atoms with Gasteiger partial charge in [-0.05, 0) is 24.6 Å². The van der Waals surface area contributed by atoms with E-state index in [1.807, 2.05) is 6.92 Å². The number of anilines is 2. The number of nitrogen functional groups attached to an aromatic ring is 1. The van der Waals surface area contributed by atoms with E-state index in [-0.39, 0.29) is 17.4 Å². The maximum Gasteiger partial charge on any atom is 0.247 e. The number of aromatic nitrogens is 1. The number of hydrogen-bond acceptors (Lipinski definition) is 3. The van der Waals surface area contributed by atoms with Crippen LogP contribution in [0.25, 0.3) is 0 Å². The summed E-state index contributed by atoms with van der Waals surface area (Å²) in [4.78, 5) is 23.4. The van der Waals surface area contributed by atoms with Gasteiger partial charge in [0.25, 0.3) is 0 Å². The zero-order chi connectivity index (χ0) is 14.5. The van der Waals surface area contributed by atoms with Gasteiger partial charge in [0, 0.05) is 35.9 Å². The molecule has 2 aromatic rings. The lowest BCUT2D eigenvalue weighted by Gasteiger charge is -2.18. The maximum atomic E-state index is 12.3. The second-order valence-corrected chi connectivity index (χ2v) is 4.52. The molecule has 1 aromatic carbocycles. The molecule has 0 fully saturated rings. The van der Waals surface area contributed by atoms with Gasteiger partial charge in [-0.2, -0.15) is 0 Å². The number of carbonyl (C=O) groups is 1. The minimum absolute atomic E-state index is 0.0765.